The number of likely N-dealkylation sites (tertiary alicyclic amines) is 1. The Balaban J connectivity index is 2.35. The van der Waals surface area contributed by atoms with Gasteiger partial charge in [0, 0.05) is 12.6 Å². The zero-order valence-corrected chi connectivity index (χ0v) is 7.36. The summed E-state index contributed by atoms with van der Waals surface area (Å²) in [6.45, 7) is 3.45. The van der Waals surface area contributed by atoms with E-state index in [1.807, 2.05) is 0 Å². The molecule has 0 aliphatic carbocycles. The Bertz CT molecular complexity index is 172. The van der Waals surface area contributed by atoms with E-state index in [4.69, 9.17) is 5.73 Å². The van der Waals surface area contributed by atoms with Gasteiger partial charge in [0.25, 0.3) is 0 Å². The number of β-amino-alcohol motifs (C(OH)–C–C–N with tert-alkyl or cyclic N) is 1. The molecular formula is C8H16N2O2. The summed E-state index contributed by atoms with van der Waals surface area (Å²) in [5.74, 6) is -0.630. The summed E-state index contributed by atoms with van der Waals surface area (Å²) in [5.41, 5.74) is 4.94. The fourth-order valence-electron chi connectivity index (χ4n) is 1.58. The van der Waals surface area contributed by atoms with E-state index in [-0.39, 0.29) is 0 Å². The molecule has 0 aromatic heterocycles. The molecule has 3 N–H and O–H groups in total. The van der Waals surface area contributed by atoms with Crippen LogP contribution in [0.15, 0.2) is 0 Å². The summed E-state index contributed by atoms with van der Waals surface area (Å²) in [4.78, 5) is 12.6. The maximum Gasteiger partial charge on any atom is 0.247 e. The molecule has 1 saturated heterocycles. The van der Waals surface area contributed by atoms with E-state index in [9.17, 15) is 9.90 Å². The van der Waals surface area contributed by atoms with Crippen molar-refractivity contribution in [3.63, 3.8) is 0 Å². The molecule has 0 bridgehead atoms. The molecule has 0 aromatic carbocycles. The van der Waals surface area contributed by atoms with Crippen LogP contribution in [0.1, 0.15) is 19.8 Å². The second-order valence-electron chi connectivity index (χ2n) is 3.40. The van der Waals surface area contributed by atoms with Crippen LogP contribution in [-0.4, -0.2) is 41.1 Å². The minimum absolute atomic E-state index is 0.385. The quantitative estimate of drug-likeness (QED) is 0.592. The number of aliphatic hydroxyl groups excluding tert-OH is 1. The Hall–Kier alpha value is -0.610. The molecule has 2 unspecified atom stereocenters. The molecule has 1 fully saturated rings. The lowest BCUT2D eigenvalue weighted by atomic mass is 10.2. The number of primary amides is 1. The van der Waals surface area contributed by atoms with Crippen molar-refractivity contribution in [2.45, 2.75) is 31.9 Å². The Morgan fingerprint density at radius 3 is 2.92 bits per heavy atom. The zero-order valence-electron chi connectivity index (χ0n) is 7.36. The van der Waals surface area contributed by atoms with E-state index in [1.54, 1.807) is 0 Å². The van der Waals surface area contributed by atoms with Gasteiger partial charge in [0.1, 0.15) is 6.10 Å². The fraction of sp³-hybridized carbons (Fsp3) is 0.875. The van der Waals surface area contributed by atoms with E-state index in [1.165, 1.54) is 0 Å². The topological polar surface area (TPSA) is 66.6 Å². The third-order valence-electron chi connectivity index (χ3n) is 2.43. The van der Waals surface area contributed by atoms with E-state index in [0.29, 0.717) is 12.6 Å². The van der Waals surface area contributed by atoms with Crippen LogP contribution >= 0.6 is 0 Å². The van der Waals surface area contributed by atoms with Crippen LogP contribution in [-0.2, 0) is 4.79 Å². The van der Waals surface area contributed by atoms with Crippen LogP contribution in [0, 0.1) is 0 Å². The predicted molar refractivity (Wildman–Crippen MR) is 45.5 cm³/mol. The van der Waals surface area contributed by atoms with Crippen molar-refractivity contribution >= 4 is 5.91 Å². The van der Waals surface area contributed by atoms with Gasteiger partial charge in [0.05, 0.1) is 0 Å². The molecule has 0 radical (unpaired) electrons. The van der Waals surface area contributed by atoms with Crippen LogP contribution in [0.4, 0.5) is 0 Å². The third-order valence-corrected chi connectivity index (χ3v) is 2.43. The average Bonchev–Trinajstić information content (AvgIpc) is 2.36. The highest BCUT2D eigenvalue weighted by Gasteiger charge is 2.24. The number of carbonyl (C=O) groups is 1. The number of aliphatic hydroxyl groups is 1. The summed E-state index contributed by atoms with van der Waals surface area (Å²) in [6.07, 6.45) is 1.28. The van der Waals surface area contributed by atoms with E-state index in [2.05, 4.69) is 11.8 Å². The number of amides is 1. The Labute approximate surface area is 72.3 Å². The average molecular weight is 172 g/mol. The van der Waals surface area contributed by atoms with E-state index in [0.717, 1.165) is 19.4 Å². The van der Waals surface area contributed by atoms with Gasteiger partial charge in [-0.25, -0.2) is 0 Å². The third kappa shape index (κ3) is 2.19. The van der Waals surface area contributed by atoms with Gasteiger partial charge in [-0.1, -0.05) is 0 Å². The molecule has 12 heavy (non-hydrogen) atoms. The molecule has 1 aliphatic heterocycles. The lowest BCUT2D eigenvalue weighted by Gasteiger charge is -2.22. The molecule has 2 atom stereocenters. The maximum atomic E-state index is 10.5. The summed E-state index contributed by atoms with van der Waals surface area (Å²) >= 11 is 0. The lowest BCUT2D eigenvalue weighted by Crippen LogP contribution is -2.41. The first kappa shape index (κ1) is 9.48. The molecule has 1 amide bonds. The van der Waals surface area contributed by atoms with Crippen molar-refractivity contribution in [2.24, 2.45) is 5.73 Å². The highest BCUT2D eigenvalue weighted by molar-refractivity contribution is 5.78. The lowest BCUT2D eigenvalue weighted by molar-refractivity contribution is -0.127. The van der Waals surface area contributed by atoms with Gasteiger partial charge in [-0.05, 0) is 26.3 Å². The van der Waals surface area contributed by atoms with Crippen LogP contribution in [0.5, 0.6) is 0 Å². The standard InChI is InChI=1S/C8H16N2O2/c1-6-3-2-4-10(6)5-7(11)8(9)12/h6-7,11H,2-5H2,1H3,(H2,9,12). The Morgan fingerprint density at radius 2 is 2.50 bits per heavy atom. The molecule has 70 valence electrons. The second-order valence-corrected chi connectivity index (χ2v) is 3.40. The number of carbonyl (C=O) groups excluding carboxylic acids is 1. The monoisotopic (exact) mass is 172 g/mol. The first-order chi connectivity index (χ1) is 5.61. The number of hydrogen-bond acceptors (Lipinski definition) is 3. The van der Waals surface area contributed by atoms with Gasteiger partial charge in [0.15, 0.2) is 0 Å². The number of rotatable bonds is 3. The first-order valence-electron chi connectivity index (χ1n) is 4.32. The molecular weight excluding hydrogens is 156 g/mol. The van der Waals surface area contributed by atoms with Crippen molar-refractivity contribution in [3.05, 3.63) is 0 Å². The van der Waals surface area contributed by atoms with E-state index < -0.39 is 12.0 Å². The largest absolute Gasteiger partial charge is 0.382 e. The van der Waals surface area contributed by atoms with Gasteiger partial charge in [0.2, 0.25) is 5.91 Å². The van der Waals surface area contributed by atoms with Crippen molar-refractivity contribution < 1.29 is 9.90 Å². The first-order valence-corrected chi connectivity index (χ1v) is 4.32. The summed E-state index contributed by atoms with van der Waals surface area (Å²) < 4.78 is 0. The van der Waals surface area contributed by atoms with Crippen LogP contribution in [0.25, 0.3) is 0 Å². The van der Waals surface area contributed by atoms with Crippen molar-refractivity contribution in [1.82, 2.24) is 4.90 Å². The Morgan fingerprint density at radius 1 is 1.83 bits per heavy atom. The SMILES string of the molecule is CC1CCCN1CC(O)C(N)=O. The summed E-state index contributed by atoms with van der Waals surface area (Å²) in [6, 6.07) is 0.471. The van der Waals surface area contributed by atoms with Crippen molar-refractivity contribution in [2.75, 3.05) is 13.1 Å². The minimum Gasteiger partial charge on any atom is -0.382 e. The van der Waals surface area contributed by atoms with E-state index >= 15 is 0 Å². The minimum atomic E-state index is -1.01. The molecule has 0 saturated carbocycles. The molecule has 0 aromatic rings. The van der Waals surface area contributed by atoms with Crippen LogP contribution < -0.4 is 5.73 Å². The van der Waals surface area contributed by atoms with Gasteiger partial charge >= 0.3 is 0 Å². The Kier molecular flexibility index (Phi) is 3.05. The highest BCUT2D eigenvalue weighted by Crippen LogP contribution is 2.15. The van der Waals surface area contributed by atoms with Gasteiger partial charge < -0.3 is 10.8 Å². The van der Waals surface area contributed by atoms with Crippen molar-refractivity contribution in [1.29, 1.82) is 0 Å². The summed E-state index contributed by atoms with van der Waals surface area (Å²) in [5, 5.41) is 9.19. The normalized spacial score (nSPS) is 27.3. The molecule has 4 nitrogen and oxygen atoms in total. The van der Waals surface area contributed by atoms with Crippen LogP contribution in [0.2, 0.25) is 0 Å². The number of hydrogen-bond donors (Lipinski definition) is 2. The second kappa shape index (κ2) is 3.87. The highest BCUT2D eigenvalue weighted by atomic mass is 16.3. The molecule has 1 heterocycles. The zero-order chi connectivity index (χ0) is 9.14. The molecule has 1 aliphatic rings. The smallest absolute Gasteiger partial charge is 0.247 e. The number of nitrogens with zero attached hydrogens (tertiary/aromatic N) is 1. The predicted octanol–water partition coefficient (Wildman–Crippen LogP) is -0.683. The van der Waals surface area contributed by atoms with Crippen molar-refractivity contribution in [3.8, 4) is 0 Å². The molecule has 4 heteroatoms. The maximum absolute atomic E-state index is 10.5. The molecule has 0 spiro atoms. The summed E-state index contributed by atoms with van der Waals surface area (Å²) in [7, 11) is 0. The fourth-order valence-corrected chi connectivity index (χ4v) is 1.58. The molecule has 1 rings (SSSR count). The van der Waals surface area contributed by atoms with Gasteiger partial charge in [-0.3, -0.25) is 9.69 Å². The van der Waals surface area contributed by atoms with Gasteiger partial charge in [-0.15, -0.1) is 0 Å². The van der Waals surface area contributed by atoms with Crippen LogP contribution in [0.3, 0.4) is 0 Å². The number of nitrogens with two attached hydrogens (primary N) is 1. The van der Waals surface area contributed by atoms with Gasteiger partial charge in [-0.2, -0.15) is 0 Å².